The van der Waals surface area contributed by atoms with E-state index >= 15 is 0 Å². The Balaban J connectivity index is 1.49. The monoisotopic (exact) mass is 325 g/mol. The molecule has 3 heterocycles. The van der Waals surface area contributed by atoms with Crippen molar-refractivity contribution in [2.45, 2.75) is 25.7 Å². The van der Waals surface area contributed by atoms with Crippen molar-refractivity contribution >= 4 is 22.7 Å². The zero-order valence-corrected chi connectivity index (χ0v) is 13.5. The predicted molar refractivity (Wildman–Crippen MR) is 89.6 cm³/mol. The summed E-state index contributed by atoms with van der Waals surface area (Å²) in [6.45, 7) is 3.28. The second-order valence-electron chi connectivity index (χ2n) is 6.24. The highest BCUT2D eigenvalue weighted by Gasteiger charge is 2.29. The van der Waals surface area contributed by atoms with E-state index in [9.17, 15) is 4.79 Å². The van der Waals surface area contributed by atoms with Gasteiger partial charge in [0.05, 0.1) is 11.2 Å². The number of fused-ring (bicyclic) bond motifs is 1. The molecule has 1 aliphatic heterocycles. The minimum absolute atomic E-state index is 0.0257. The number of hydrogen-bond acceptors (Lipinski definition) is 5. The van der Waals surface area contributed by atoms with Gasteiger partial charge in [-0.2, -0.15) is 5.10 Å². The summed E-state index contributed by atoms with van der Waals surface area (Å²) in [5.74, 6) is 0.639. The molecule has 3 N–H and O–H groups in total. The van der Waals surface area contributed by atoms with Crippen LogP contribution in [0.1, 0.15) is 40.5 Å². The van der Waals surface area contributed by atoms with Crippen molar-refractivity contribution in [3.05, 3.63) is 41.2 Å². The van der Waals surface area contributed by atoms with Crippen LogP contribution >= 0.6 is 0 Å². The molecule has 0 unspecified atom stereocenters. The van der Waals surface area contributed by atoms with E-state index in [4.69, 9.17) is 10.3 Å². The summed E-state index contributed by atoms with van der Waals surface area (Å²) in [7, 11) is 0. The quantitative estimate of drug-likeness (QED) is 0.753. The standard InChI is InChI=1S/C17H19N5O2/c1-10-14(21-24-16(10)18)11-6-8-22(9-7-11)17(23)15-12-4-2-3-5-13(12)19-20-15/h2-5,11H,6-9,18H2,1H3,(H,19,20). The SMILES string of the molecule is Cc1c(C2CCN(C(=O)c3n[nH]c4ccccc34)CC2)noc1N. The van der Waals surface area contributed by atoms with Crippen molar-refractivity contribution in [2.24, 2.45) is 0 Å². The van der Waals surface area contributed by atoms with Crippen LogP contribution in [0.4, 0.5) is 5.88 Å². The van der Waals surface area contributed by atoms with E-state index in [0.717, 1.165) is 35.0 Å². The molecule has 0 bridgehead atoms. The van der Waals surface area contributed by atoms with Crippen molar-refractivity contribution in [2.75, 3.05) is 18.8 Å². The van der Waals surface area contributed by atoms with Crippen LogP contribution in [0.5, 0.6) is 0 Å². The number of aromatic amines is 1. The molecule has 2 aromatic heterocycles. The van der Waals surface area contributed by atoms with Crippen LogP contribution in [0.25, 0.3) is 10.9 Å². The Morgan fingerprint density at radius 3 is 2.79 bits per heavy atom. The molecule has 0 aliphatic carbocycles. The first-order chi connectivity index (χ1) is 11.6. The van der Waals surface area contributed by atoms with Gasteiger partial charge in [-0.15, -0.1) is 0 Å². The third-order valence-corrected chi connectivity index (χ3v) is 4.84. The third kappa shape index (κ3) is 2.33. The fourth-order valence-corrected chi connectivity index (χ4v) is 3.37. The molecular formula is C17H19N5O2. The van der Waals surface area contributed by atoms with Gasteiger partial charge in [-0.1, -0.05) is 23.4 Å². The lowest BCUT2D eigenvalue weighted by molar-refractivity contribution is 0.0707. The van der Waals surface area contributed by atoms with E-state index in [0.29, 0.717) is 24.7 Å². The number of piperidine rings is 1. The predicted octanol–water partition coefficient (Wildman–Crippen LogP) is 2.46. The summed E-state index contributed by atoms with van der Waals surface area (Å²) in [4.78, 5) is 14.6. The molecule has 1 aliphatic rings. The minimum atomic E-state index is -0.0257. The van der Waals surface area contributed by atoms with Crippen LogP contribution < -0.4 is 5.73 Å². The number of rotatable bonds is 2. The van der Waals surface area contributed by atoms with Crippen LogP contribution in [0.2, 0.25) is 0 Å². The number of para-hydroxylation sites is 1. The fourth-order valence-electron chi connectivity index (χ4n) is 3.37. The highest BCUT2D eigenvalue weighted by Crippen LogP contribution is 2.32. The number of amides is 1. The maximum Gasteiger partial charge on any atom is 0.274 e. The molecule has 0 radical (unpaired) electrons. The van der Waals surface area contributed by atoms with Gasteiger partial charge < -0.3 is 15.2 Å². The number of nitrogens with one attached hydrogen (secondary N) is 1. The van der Waals surface area contributed by atoms with E-state index in [2.05, 4.69) is 15.4 Å². The summed E-state index contributed by atoms with van der Waals surface area (Å²) in [6, 6.07) is 7.67. The second-order valence-corrected chi connectivity index (χ2v) is 6.24. The average molecular weight is 325 g/mol. The number of hydrogen-bond donors (Lipinski definition) is 2. The molecule has 1 saturated heterocycles. The zero-order chi connectivity index (χ0) is 16.7. The molecule has 1 amide bonds. The van der Waals surface area contributed by atoms with Gasteiger partial charge in [0, 0.05) is 30.0 Å². The third-order valence-electron chi connectivity index (χ3n) is 4.84. The maximum absolute atomic E-state index is 12.8. The lowest BCUT2D eigenvalue weighted by atomic mass is 9.91. The van der Waals surface area contributed by atoms with E-state index in [1.165, 1.54) is 0 Å². The number of nitrogens with two attached hydrogens (primary N) is 1. The van der Waals surface area contributed by atoms with Crippen molar-refractivity contribution in [1.29, 1.82) is 0 Å². The number of nitrogen functional groups attached to an aromatic ring is 1. The number of benzene rings is 1. The van der Waals surface area contributed by atoms with Crippen LogP contribution in [-0.4, -0.2) is 39.3 Å². The molecule has 1 fully saturated rings. The Bertz CT molecular complexity index is 889. The molecule has 1 aromatic carbocycles. The second kappa shape index (κ2) is 5.67. The first-order valence-corrected chi connectivity index (χ1v) is 8.09. The topological polar surface area (TPSA) is 101 Å². The Morgan fingerprint density at radius 2 is 2.08 bits per heavy atom. The lowest BCUT2D eigenvalue weighted by Crippen LogP contribution is -2.38. The Hall–Kier alpha value is -2.83. The summed E-state index contributed by atoms with van der Waals surface area (Å²) >= 11 is 0. The molecule has 124 valence electrons. The molecule has 4 rings (SSSR count). The normalized spacial score (nSPS) is 16.0. The van der Waals surface area contributed by atoms with Gasteiger partial charge in [0.25, 0.3) is 5.91 Å². The van der Waals surface area contributed by atoms with Crippen molar-refractivity contribution in [3.63, 3.8) is 0 Å². The Morgan fingerprint density at radius 1 is 1.33 bits per heavy atom. The number of carbonyl (C=O) groups excluding carboxylic acids is 1. The minimum Gasteiger partial charge on any atom is -0.367 e. The van der Waals surface area contributed by atoms with Gasteiger partial charge in [0.15, 0.2) is 5.69 Å². The van der Waals surface area contributed by atoms with Crippen LogP contribution in [0.15, 0.2) is 28.8 Å². The van der Waals surface area contributed by atoms with Crippen LogP contribution in [-0.2, 0) is 0 Å². The van der Waals surface area contributed by atoms with E-state index in [1.807, 2.05) is 36.1 Å². The zero-order valence-electron chi connectivity index (χ0n) is 13.5. The lowest BCUT2D eigenvalue weighted by Gasteiger charge is -2.31. The van der Waals surface area contributed by atoms with Gasteiger partial charge in [-0.3, -0.25) is 9.89 Å². The molecular weight excluding hydrogens is 306 g/mol. The van der Waals surface area contributed by atoms with E-state index in [-0.39, 0.29) is 11.8 Å². The number of aromatic nitrogens is 3. The molecule has 3 aromatic rings. The van der Waals surface area contributed by atoms with Crippen LogP contribution in [0, 0.1) is 6.92 Å². The number of nitrogens with zero attached hydrogens (tertiary/aromatic N) is 3. The molecule has 7 heteroatoms. The van der Waals surface area contributed by atoms with Crippen molar-refractivity contribution in [3.8, 4) is 0 Å². The van der Waals surface area contributed by atoms with Crippen molar-refractivity contribution < 1.29 is 9.32 Å². The van der Waals surface area contributed by atoms with Gasteiger partial charge in [0.2, 0.25) is 5.88 Å². The largest absolute Gasteiger partial charge is 0.367 e. The Kier molecular flexibility index (Phi) is 3.48. The maximum atomic E-state index is 12.8. The van der Waals surface area contributed by atoms with E-state index < -0.39 is 0 Å². The molecule has 24 heavy (non-hydrogen) atoms. The summed E-state index contributed by atoms with van der Waals surface area (Å²) in [6.07, 6.45) is 1.70. The Labute approximate surface area is 138 Å². The van der Waals surface area contributed by atoms with Crippen molar-refractivity contribution in [1.82, 2.24) is 20.3 Å². The summed E-state index contributed by atoms with van der Waals surface area (Å²) < 4.78 is 5.06. The van der Waals surface area contributed by atoms with Gasteiger partial charge in [-0.05, 0) is 25.8 Å². The molecule has 7 nitrogen and oxygen atoms in total. The highest BCUT2D eigenvalue weighted by atomic mass is 16.5. The van der Waals surface area contributed by atoms with E-state index in [1.54, 1.807) is 0 Å². The molecule has 0 atom stereocenters. The number of carbonyl (C=O) groups is 1. The van der Waals surface area contributed by atoms with Gasteiger partial charge in [-0.25, -0.2) is 0 Å². The summed E-state index contributed by atoms with van der Waals surface area (Å²) in [5.41, 5.74) is 8.94. The van der Waals surface area contributed by atoms with Gasteiger partial charge >= 0.3 is 0 Å². The summed E-state index contributed by atoms with van der Waals surface area (Å²) in [5, 5.41) is 12.1. The average Bonchev–Trinajstić information content (AvgIpc) is 3.19. The smallest absolute Gasteiger partial charge is 0.274 e. The number of H-pyrrole nitrogens is 1. The first kappa shape index (κ1) is 14.7. The molecule has 0 saturated carbocycles. The molecule has 0 spiro atoms. The fraction of sp³-hybridized carbons (Fsp3) is 0.353. The highest BCUT2D eigenvalue weighted by molar-refractivity contribution is 6.04. The van der Waals surface area contributed by atoms with Gasteiger partial charge in [0.1, 0.15) is 0 Å². The number of anilines is 1. The first-order valence-electron chi connectivity index (χ1n) is 8.09. The van der Waals surface area contributed by atoms with Crippen LogP contribution in [0.3, 0.4) is 0 Å². The number of likely N-dealkylation sites (tertiary alicyclic amines) is 1.